The molecule has 5 nitrogen and oxygen atoms in total. The topological polar surface area (TPSA) is 89.8 Å². The van der Waals surface area contributed by atoms with Gasteiger partial charge in [0.05, 0.1) is 18.8 Å². The first-order valence-electron chi connectivity index (χ1n) is 16.2. The lowest BCUT2D eigenvalue weighted by Crippen LogP contribution is -2.48. The number of nitrogens with one attached hydrogen (secondary N) is 1. The Kier molecular flexibility index (Phi) is 27.9. The van der Waals surface area contributed by atoms with Gasteiger partial charge in [0.2, 0.25) is 5.91 Å². The largest absolute Gasteiger partial charge is 0.394 e. The summed E-state index contributed by atoms with van der Waals surface area (Å²) in [6.07, 6.45) is 31.9. The van der Waals surface area contributed by atoms with E-state index in [4.69, 9.17) is 0 Å². The van der Waals surface area contributed by atoms with E-state index in [9.17, 15) is 20.1 Å². The number of amides is 1. The molecule has 38 heavy (non-hydrogen) atoms. The average Bonchev–Trinajstić information content (AvgIpc) is 2.92. The summed E-state index contributed by atoms with van der Waals surface area (Å²) >= 11 is 0. The summed E-state index contributed by atoms with van der Waals surface area (Å²) in [5.74, 6) is -0.517. The van der Waals surface area contributed by atoms with Crippen LogP contribution in [0.25, 0.3) is 0 Å². The number of hydrogen-bond donors (Lipinski definition) is 4. The van der Waals surface area contributed by atoms with Gasteiger partial charge >= 0.3 is 0 Å². The monoisotopic (exact) mass is 537 g/mol. The van der Waals surface area contributed by atoms with Gasteiger partial charge in [-0.3, -0.25) is 4.79 Å². The minimum atomic E-state index is -1.10. The number of aliphatic hydroxyl groups is 3. The maximum absolute atomic E-state index is 12.3. The van der Waals surface area contributed by atoms with Gasteiger partial charge in [0.1, 0.15) is 6.10 Å². The lowest BCUT2D eigenvalue weighted by atomic mass is 10.0. The second-order valence-corrected chi connectivity index (χ2v) is 11.0. The van der Waals surface area contributed by atoms with E-state index in [1.54, 1.807) is 6.08 Å². The van der Waals surface area contributed by atoms with Crippen LogP contribution in [-0.2, 0) is 4.79 Å². The number of unbranched alkanes of at least 4 members (excludes halogenated alkanes) is 18. The summed E-state index contributed by atoms with van der Waals surface area (Å²) in [4.78, 5) is 12.3. The highest BCUT2D eigenvalue weighted by atomic mass is 16.3. The Morgan fingerprint density at radius 2 is 1.08 bits per heavy atom. The Labute approximate surface area is 235 Å². The lowest BCUT2D eigenvalue weighted by molar-refractivity contribution is -0.131. The van der Waals surface area contributed by atoms with E-state index >= 15 is 0 Å². The summed E-state index contributed by atoms with van der Waals surface area (Å²) in [5.41, 5.74) is 0. The van der Waals surface area contributed by atoms with E-state index in [1.807, 2.05) is 6.08 Å². The van der Waals surface area contributed by atoms with E-state index in [-0.39, 0.29) is 6.61 Å². The van der Waals surface area contributed by atoms with Gasteiger partial charge < -0.3 is 20.6 Å². The van der Waals surface area contributed by atoms with E-state index in [2.05, 4.69) is 31.3 Å². The highest BCUT2D eigenvalue weighted by Gasteiger charge is 2.22. The second kappa shape index (κ2) is 28.8. The molecule has 3 unspecified atom stereocenters. The van der Waals surface area contributed by atoms with Crippen LogP contribution in [-0.4, -0.2) is 46.1 Å². The van der Waals surface area contributed by atoms with Gasteiger partial charge in [0, 0.05) is 0 Å². The molecule has 0 bridgehead atoms. The van der Waals surface area contributed by atoms with Crippen LogP contribution in [0.3, 0.4) is 0 Å². The SMILES string of the molecule is CCCC/C=C\CCCCCCC(O)C(=O)NC(CO)C(O)/C=C/CCCCCCCCCCCCCC. The molecule has 0 rings (SSSR count). The molecule has 1 amide bonds. The van der Waals surface area contributed by atoms with Crippen LogP contribution >= 0.6 is 0 Å². The fourth-order valence-corrected chi connectivity index (χ4v) is 4.63. The van der Waals surface area contributed by atoms with Gasteiger partial charge in [-0.15, -0.1) is 0 Å². The molecular weight excluding hydrogens is 474 g/mol. The molecule has 0 aromatic heterocycles. The van der Waals surface area contributed by atoms with Crippen LogP contribution in [0, 0.1) is 0 Å². The van der Waals surface area contributed by atoms with Gasteiger partial charge in [-0.2, -0.15) is 0 Å². The molecule has 0 aromatic rings. The minimum Gasteiger partial charge on any atom is -0.394 e. The average molecular weight is 538 g/mol. The van der Waals surface area contributed by atoms with Crippen molar-refractivity contribution in [3.8, 4) is 0 Å². The molecule has 0 aliphatic carbocycles. The molecule has 0 radical (unpaired) electrons. The fraction of sp³-hybridized carbons (Fsp3) is 0.848. The lowest BCUT2D eigenvalue weighted by Gasteiger charge is -2.21. The third-order valence-corrected chi connectivity index (χ3v) is 7.29. The first-order chi connectivity index (χ1) is 18.6. The van der Waals surface area contributed by atoms with Crippen LogP contribution in [0.15, 0.2) is 24.3 Å². The predicted molar refractivity (Wildman–Crippen MR) is 162 cm³/mol. The fourth-order valence-electron chi connectivity index (χ4n) is 4.63. The molecule has 4 N–H and O–H groups in total. The van der Waals surface area contributed by atoms with Crippen molar-refractivity contribution < 1.29 is 20.1 Å². The molecule has 0 saturated carbocycles. The van der Waals surface area contributed by atoms with Gasteiger partial charge in [-0.05, 0) is 38.5 Å². The van der Waals surface area contributed by atoms with Crippen LogP contribution in [0.2, 0.25) is 0 Å². The van der Waals surface area contributed by atoms with Crippen molar-refractivity contribution in [1.82, 2.24) is 5.32 Å². The summed E-state index contributed by atoms with van der Waals surface area (Å²) in [7, 11) is 0. The van der Waals surface area contributed by atoms with E-state index in [0.29, 0.717) is 6.42 Å². The zero-order valence-electron chi connectivity index (χ0n) is 25.1. The molecule has 5 heteroatoms. The Hall–Kier alpha value is -1.17. The van der Waals surface area contributed by atoms with Crippen molar-refractivity contribution in [1.29, 1.82) is 0 Å². The molecule has 0 fully saturated rings. The number of carbonyl (C=O) groups excluding carboxylic acids is 1. The number of aliphatic hydroxyl groups excluding tert-OH is 3. The zero-order valence-corrected chi connectivity index (χ0v) is 25.1. The molecule has 0 aliphatic heterocycles. The van der Waals surface area contributed by atoms with Crippen LogP contribution in [0.5, 0.6) is 0 Å². The Balaban J connectivity index is 3.82. The highest BCUT2D eigenvalue weighted by Crippen LogP contribution is 2.13. The van der Waals surface area contributed by atoms with Crippen molar-refractivity contribution in [2.75, 3.05) is 6.61 Å². The Bertz CT molecular complexity index is 563. The summed E-state index contributed by atoms with van der Waals surface area (Å²) < 4.78 is 0. The van der Waals surface area contributed by atoms with Crippen LogP contribution < -0.4 is 5.32 Å². The van der Waals surface area contributed by atoms with Crippen LogP contribution in [0.4, 0.5) is 0 Å². The molecule has 224 valence electrons. The summed E-state index contributed by atoms with van der Waals surface area (Å²) in [5, 5.41) is 32.7. The maximum Gasteiger partial charge on any atom is 0.249 e. The Morgan fingerprint density at radius 1 is 0.632 bits per heavy atom. The minimum absolute atomic E-state index is 0.367. The van der Waals surface area contributed by atoms with Gasteiger partial charge in [-0.1, -0.05) is 141 Å². The van der Waals surface area contributed by atoms with Crippen molar-refractivity contribution in [2.24, 2.45) is 0 Å². The third-order valence-electron chi connectivity index (χ3n) is 7.29. The molecular formula is C33H63NO4. The third kappa shape index (κ3) is 23.9. The number of rotatable bonds is 28. The normalized spacial score (nSPS) is 14.3. The van der Waals surface area contributed by atoms with Crippen molar-refractivity contribution in [3.63, 3.8) is 0 Å². The Morgan fingerprint density at radius 3 is 1.61 bits per heavy atom. The standard InChI is InChI=1S/C33H63NO4/c1-3-5-7-9-11-13-15-16-17-18-20-21-23-25-27-31(36)30(29-35)34-33(38)32(37)28-26-24-22-19-14-12-10-8-6-4-2/h10,12,25,27,30-32,35-37H,3-9,11,13-24,26,28-29H2,1-2H3,(H,34,38)/b12-10-,27-25+. The number of carbonyl (C=O) groups is 1. The highest BCUT2D eigenvalue weighted by molar-refractivity contribution is 5.80. The van der Waals surface area contributed by atoms with Gasteiger partial charge in [-0.25, -0.2) is 0 Å². The predicted octanol–water partition coefficient (Wildman–Crippen LogP) is 7.92. The second-order valence-electron chi connectivity index (χ2n) is 11.0. The molecule has 0 aromatic carbocycles. The molecule has 0 aliphatic rings. The first kappa shape index (κ1) is 36.8. The number of hydrogen-bond acceptors (Lipinski definition) is 4. The van der Waals surface area contributed by atoms with E-state index < -0.39 is 24.2 Å². The van der Waals surface area contributed by atoms with Gasteiger partial charge in [0.15, 0.2) is 0 Å². The molecule has 0 saturated heterocycles. The number of allylic oxidation sites excluding steroid dienone is 3. The van der Waals surface area contributed by atoms with Crippen LogP contribution in [0.1, 0.15) is 155 Å². The van der Waals surface area contributed by atoms with Gasteiger partial charge in [0.25, 0.3) is 0 Å². The van der Waals surface area contributed by atoms with E-state index in [1.165, 1.54) is 83.5 Å². The summed E-state index contributed by atoms with van der Waals surface area (Å²) in [6.45, 7) is 4.09. The first-order valence-corrected chi connectivity index (χ1v) is 16.2. The molecule has 3 atom stereocenters. The zero-order chi connectivity index (χ0) is 28.1. The van der Waals surface area contributed by atoms with Crippen molar-refractivity contribution in [3.05, 3.63) is 24.3 Å². The van der Waals surface area contributed by atoms with Crippen molar-refractivity contribution >= 4 is 5.91 Å². The molecule has 0 spiro atoms. The maximum atomic E-state index is 12.3. The summed E-state index contributed by atoms with van der Waals surface area (Å²) in [6, 6.07) is -0.796. The quantitative estimate of drug-likeness (QED) is 0.0603. The smallest absolute Gasteiger partial charge is 0.249 e. The molecule has 0 heterocycles. The van der Waals surface area contributed by atoms with E-state index in [0.717, 1.165) is 51.4 Å². The van der Waals surface area contributed by atoms with Crippen molar-refractivity contribution in [2.45, 2.75) is 173 Å².